The standard InChI is InChI=1S/C19H29NO12/c21-8-19(26)9-30-18(16(19)25)29-7-12-13(22)14(23)15(24)17(32-12)31-11-3-1-10(2-4-11)5-6-20(27)28/h1-4,12-18,20-27H,5-9H2/t12-,13-,14+,15-,16-,17-,18-,19+/m0/s1. The van der Waals surface area contributed by atoms with Gasteiger partial charge in [-0.2, -0.15) is 0 Å². The molecule has 1 aromatic carbocycles. The number of benzene rings is 1. The van der Waals surface area contributed by atoms with E-state index in [1.807, 2.05) is 0 Å². The summed E-state index contributed by atoms with van der Waals surface area (Å²) in [5, 5.41) is 78.3. The molecule has 0 radical (unpaired) electrons. The van der Waals surface area contributed by atoms with Crippen LogP contribution in [0.4, 0.5) is 0 Å². The van der Waals surface area contributed by atoms with Gasteiger partial charge in [-0.1, -0.05) is 12.1 Å². The molecule has 0 bridgehead atoms. The number of hydrogen-bond donors (Lipinski definition) is 8. The van der Waals surface area contributed by atoms with Gasteiger partial charge in [0.05, 0.1) is 19.8 Å². The average molecular weight is 463 g/mol. The number of nitrogens with one attached hydrogen (secondary N) is 1. The molecule has 2 aliphatic rings. The number of aliphatic hydroxyl groups is 6. The van der Waals surface area contributed by atoms with Crippen molar-refractivity contribution in [1.82, 2.24) is 0 Å². The van der Waals surface area contributed by atoms with E-state index in [0.29, 0.717) is 6.42 Å². The van der Waals surface area contributed by atoms with Crippen LogP contribution in [0.15, 0.2) is 24.3 Å². The molecule has 0 spiro atoms. The number of quaternary nitrogens is 1. The Bertz CT molecular complexity index is 721. The molecule has 32 heavy (non-hydrogen) atoms. The zero-order valence-corrected chi connectivity index (χ0v) is 17.1. The Morgan fingerprint density at radius 1 is 1.06 bits per heavy atom. The molecular formula is C19H29NO12. The Balaban J connectivity index is 1.58. The summed E-state index contributed by atoms with van der Waals surface area (Å²) < 4.78 is 21.6. The summed E-state index contributed by atoms with van der Waals surface area (Å²) >= 11 is 0. The van der Waals surface area contributed by atoms with Gasteiger partial charge < -0.3 is 54.8 Å². The summed E-state index contributed by atoms with van der Waals surface area (Å²) in [6.07, 6.45) is -9.80. The van der Waals surface area contributed by atoms with Crippen LogP contribution in [0, 0.1) is 5.21 Å². The maximum absolute atomic E-state index is 10.7. The second-order valence-corrected chi connectivity index (χ2v) is 7.89. The fraction of sp³-hybridized carbons (Fsp3) is 0.684. The normalized spacial score (nSPS) is 38.6. The number of hydroxylamine groups is 2. The van der Waals surface area contributed by atoms with Gasteiger partial charge in [0, 0.05) is 6.42 Å². The Hall–Kier alpha value is -1.46. The minimum Gasteiger partial charge on any atom is -0.600 e. The van der Waals surface area contributed by atoms with E-state index in [1.165, 1.54) is 0 Å². The van der Waals surface area contributed by atoms with Crippen LogP contribution in [0.25, 0.3) is 0 Å². The molecular weight excluding hydrogens is 434 g/mol. The topological polar surface area (TPSA) is 206 Å². The largest absolute Gasteiger partial charge is 0.600 e. The van der Waals surface area contributed by atoms with E-state index >= 15 is 0 Å². The van der Waals surface area contributed by atoms with E-state index in [-0.39, 0.29) is 25.5 Å². The lowest BCUT2D eigenvalue weighted by Crippen LogP contribution is -3.04. The van der Waals surface area contributed by atoms with E-state index in [4.69, 9.17) is 29.3 Å². The number of rotatable bonds is 9. The van der Waals surface area contributed by atoms with Crippen LogP contribution in [0.2, 0.25) is 0 Å². The molecule has 2 heterocycles. The lowest BCUT2D eigenvalue weighted by molar-refractivity contribution is -1.05. The molecule has 0 saturated carbocycles. The lowest BCUT2D eigenvalue weighted by atomic mass is 9.99. The molecule has 9 atom stereocenters. The SMILES string of the molecule is [O-][NH+](O)CCc1ccc(O[C@H]2O[C@@H](CO[C@H]3OC[C@](O)(CO)[C@H]3O)[C@H](O)[C@@H](O)[C@@H]2O)cc1. The lowest BCUT2D eigenvalue weighted by Gasteiger charge is -2.40. The van der Waals surface area contributed by atoms with Crippen LogP contribution in [-0.4, -0.2) is 111 Å². The van der Waals surface area contributed by atoms with Gasteiger partial charge in [-0.3, -0.25) is 0 Å². The molecule has 8 N–H and O–H groups in total. The van der Waals surface area contributed by atoms with Gasteiger partial charge in [-0.15, -0.1) is 0 Å². The van der Waals surface area contributed by atoms with Crippen molar-refractivity contribution >= 4 is 0 Å². The summed E-state index contributed by atoms with van der Waals surface area (Å²) in [4.78, 5) is 0. The Labute approximate surface area is 183 Å². The molecule has 2 fully saturated rings. The number of hydrogen-bond acceptors (Lipinski definition) is 12. The summed E-state index contributed by atoms with van der Waals surface area (Å²) in [6.45, 7) is -1.51. The summed E-state index contributed by atoms with van der Waals surface area (Å²) in [5.74, 6) is 0.277. The van der Waals surface area contributed by atoms with Gasteiger partial charge in [-0.05, 0) is 17.7 Å². The smallest absolute Gasteiger partial charge is 0.229 e. The summed E-state index contributed by atoms with van der Waals surface area (Å²) in [5.41, 5.74) is -1.11. The quantitative estimate of drug-likeness (QED) is 0.164. The highest BCUT2D eigenvalue weighted by Gasteiger charge is 2.50. The second-order valence-electron chi connectivity index (χ2n) is 7.89. The predicted molar refractivity (Wildman–Crippen MR) is 102 cm³/mol. The van der Waals surface area contributed by atoms with Crippen molar-refractivity contribution in [3.8, 4) is 5.75 Å². The Kier molecular flexibility index (Phi) is 8.37. The first-order chi connectivity index (χ1) is 15.1. The maximum atomic E-state index is 10.7. The van der Waals surface area contributed by atoms with Crippen molar-refractivity contribution < 1.29 is 60.0 Å². The summed E-state index contributed by atoms with van der Waals surface area (Å²) in [6, 6.07) is 6.41. The van der Waals surface area contributed by atoms with Gasteiger partial charge in [0.1, 0.15) is 48.4 Å². The van der Waals surface area contributed by atoms with Crippen LogP contribution in [-0.2, 0) is 20.6 Å². The molecule has 182 valence electrons. The van der Waals surface area contributed by atoms with Crippen LogP contribution >= 0.6 is 0 Å². The zero-order chi connectivity index (χ0) is 23.5. The summed E-state index contributed by atoms with van der Waals surface area (Å²) in [7, 11) is 0. The van der Waals surface area contributed by atoms with E-state index in [1.54, 1.807) is 24.3 Å². The highest BCUT2D eigenvalue weighted by atomic mass is 16.8. The maximum Gasteiger partial charge on any atom is 0.229 e. The molecule has 0 aliphatic carbocycles. The molecule has 3 rings (SSSR count). The van der Waals surface area contributed by atoms with Crippen molar-refractivity contribution in [3.63, 3.8) is 0 Å². The molecule has 2 aliphatic heterocycles. The molecule has 13 heteroatoms. The van der Waals surface area contributed by atoms with Crippen LogP contribution in [0.3, 0.4) is 0 Å². The third-order valence-corrected chi connectivity index (χ3v) is 5.48. The van der Waals surface area contributed by atoms with E-state index < -0.39 is 60.5 Å². The highest BCUT2D eigenvalue weighted by Crippen LogP contribution is 2.28. The van der Waals surface area contributed by atoms with Crippen molar-refractivity contribution in [1.29, 1.82) is 0 Å². The van der Waals surface area contributed by atoms with Crippen LogP contribution in [0.5, 0.6) is 5.75 Å². The van der Waals surface area contributed by atoms with Crippen molar-refractivity contribution in [3.05, 3.63) is 35.0 Å². The van der Waals surface area contributed by atoms with Gasteiger partial charge >= 0.3 is 0 Å². The Morgan fingerprint density at radius 2 is 1.75 bits per heavy atom. The van der Waals surface area contributed by atoms with Gasteiger partial charge in [0.25, 0.3) is 0 Å². The zero-order valence-electron chi connectivity index (χ0n) is 17.1. The molecule has 0 amide bonds. The monoisotopic (exact) mass is 463 g/mol. The number of ether oxygens (including phenoxy) is 4. The minimum atomic E-state index is -1.88. The highest BCUT2D eigenvalue weighted by molar-refractivity contribution is 5.27. The first kappa shape index (κ1) is 25.2. The van der Waals surface area contributed by atoms with Gasteiger partial charge in [-0.25, -0.2) is 10.4 Å². The van der Waals surface area contributed by atoms with Crippen molar-refractivity contribution in [2.45, 2.75) is 55.1 Å². The number of aliphatic hydroxyl groups excluding tert-OH is 5. The molecule has 1 aromatic rings. The van der Waals surface area contributed by atoms with E-state index in [9.17, 15) is 30.7 Å². The fourth-order valence-electron chi connectivity index (χ4n) is 3.40. The first-order valence-electron chi connectivity index (χ1n) is 10.1. The van der Waals surface area contributed by atoms with Crippen molar-refractivity contribution in [2.24, 2.45) is 0 Å². The minimum absolute atomic E-state index is 0.0223. The molecule has 0 aromatic heterocycles. The molecule has 1 unspecified atom stereocenters. The van der Waals surface area contributed by atoms with Crippen LogP contribution in [0.1, 0.15) is 5.56 Å². The van der Waals surface area contributed by atoms with Crippen LogP contribution < -0.4 is 9.96 Å². The van der Waals surface area contributed by atoms with Crippen molar-refractivity contribution in [2.75, 3.05) is 26.4 Å². The third-order valence-electron chi connectivity index (χ3n) is 5.48. The second kappa shape index (κ2) is 10.6. The fourth-order valence-corrected chi connectivity index (χ4v) is 3.40. The average Bonchev–Trinajstić information content (AvgIpc) is 3.07. The first-order valence-corrected chi connectivity index (χ1v) is 10.1. The van der Waals surface area contributed by atoms with E-state index in [2.05, 4.69) is 0 Å². The Morgan fingerprint density at radius 3 is 2.34 bits per heavy atom. The molecule has 13 nitrogen and oxygen atoms in total. The predicted octanol–water partition coefficient (Wildman–Crippen LogP) is -4.36. The van der Waals surface area contributed by atoms with Gasteiger partial charge in [0.15, 0.2) is 6.29 Å². The molecule has 2 saturated heterocycles. The van der Waals surface area contributed by atoms with E-state index in [0.717, 1.165) is 5.56 Å². The van der Waals surface area contributed by atoms with Gasteiger partial charge in [0.2, 0.25) is 6.29 Å². The third kappa shape index (κ3) is 5.72.